The molecule has 0 bridgehead atoms. The summed E-state index contributed by atoms with van der Waals surface area (Å²) in [5, 5.41) is 0. The van der Waals surface area contributed by atoms with Crippen LogP contribution in [-0.4, -0.2) is 13.9 Å². The van der Waals surface area contributed by atoms with Gasteiger partial charge in [-0.25, -0.2) is 0 Å². The fraction of sp³-hybridized carbons (Fsp3) is 0.533. The Hall–Kier alpha value is -0.893. The second kappa shape index (κ2) is 4.77. The lowest BCUT2D eigenvalue weighted by atomic mass is 9.85. The Balaban J connectivity index is 3.13. The first-order chi connectivity index (χ1) is 7.61. The molecule has 1 aromatic carbocycles. The smallest absolute Gasteiger partial charge is 0.168 e. The van der Waals surface area contributed by atoms with Crippen LogP contribution in [0.1, 0.15) is 36.7 Å². The fourth-order valence-electron chi connectivity index (χ4n) is 1.87. The topological polar surface area (TPSA) is 17.1 Å². The van der Waals surface area contributed by atoms with Gasteiger partial charge in [0.2, 0.25) is 0 Å². The highest BCUT2D eigenvalue weighted by Gasteiger charge is 2.26. The summed E-state index contributed by atoms with van der Waals surface area (Å²) in [5.74, 6) is 0.256. The SMILES string of the molecule is CC(C)(C)C(=O)c1ccccc1C[Si](C)(C)C. The van der Waals surface area contributed by atoms with Crippen molar-refractivity contribution in [3.8, 4) is 0 Å². The molecule has 0 fully saturated rings. The van der Waals surface area contributed by atoms with Crippen molar-refractivity contribution in [2.75, 3.05) is 0 Å². The average molecular weight is 248 g/mol. The Kier molecular flexibility index (Phi) is 3.98. The number of hydrogen-bond acceptors (Lipinski definition) is 1. The minimum Gasteiger partial charge on any atom is -0.294 e. The highest BCUT2D eigenvalue weighted by Crippen LogP contribution is 2.25. The number of rotatable bonds is 3. The van der Waals surface area contributed by atoms with Gasteiger partial charge in [0.05, 0.1) is 0 Å². The van der Waals surface area contributed by atoms with E-state index in [0.29, 0.717) is 0 Å². The van der Waals surface area contributed by atoms with Gasteiger partial charge in [-0.15, -0.1) is 0 Å². The molecule has 17 heavy (non-hydrogen) atoms. The highest BCUT2D eigenvalue weighted by atomic mass is 28.3. The summed E-state index contributed by atoms with van der Waals surface area (Å²) in [4.78, 5) is 12.4. The van der Waals surface area contributed by atoms with Crippen molar-refractivity contribution in [2.45, 2.75) is 46.5 Å². The monoisotopic (exact) mass is 248 g/mol. The molecule has 2 heteroatoms. The third-order valence-electron chi connectivity index (χ3n) is 2.66. The number of ketones is 1. The van der Waals surface area contributed by atoms with Gasteiger partial charge in [0, 0.05) is 19.1 Å². The molecule has 0 N–H and O–H groups in total. The van der Waals surface area contributed by atoms with E-state index in [4.69, 9.17) is 0 Å². The third kappa shape index (κ3) is 4.12. The standard InChI is InChI=1S/C15H24OSi/c1-15(2,3)14(16)13-10-8-7-9-12(13)11-17(4,5)6/h7-10H,11H2,1-6H3. The zero-order valence-corrected chi connectivity index (χ0v) is 12.9. The summed E-state index contributed by atoms with van der Waals surface area (Å²) in [6.45, 7) is 13.0. The molecule has 0 aliphatic heterocycles. The minimum atomic E-state index is -1.19. The normalized spacial score (nSPS) is 12.6. The van der Waals surface area contributed by atoms with Crippen LogP contribution in [0.15, 0.2) is 24.3 Å². The van der Waals surface area contributed by atoms with Crippen LogP contribution >= 0.6 is 0 Å². The molecule has 0 aliphatic rings. The average Bonchev–Trinajstić information content (AvgIpc) is 2.13. The Morgan fingerprint density at radius 1 is 1.12 bits per heavy atom. The van der Waals surface area contributed by atoms with Gasteiger partial charge in [-0.2, -0.15) is 0 Å². The van der Waals surface area contributed by atoms with Gasteiger partial charge in [-0.1, -0.05) is 64.7 Å². The van der Waals surface area contributed by atoms with E-state index in [2.05, 4.69) is 25.7 Å². The summed E-state index contributed by atoms with van der Waals surface area (Å²) < 4.78 is 0. The summed E-state index contributed by atoms with van der Waals surface area (Å²) in [5.41, 5.74) is 1.85. The minimum absolute atomic E-state index is 0.256. The highest BCUT2D eigenvalue weighted by molar-refractivity contribution is 6.75. The van der Waals surface area contributed by atoms with Crippen LogP contribution in [0.4, 0.5) is 0 Å². The summed E-state index contributed by atoms with van der Waals surface area (Å²) in [6.07, 6.45) is 0. The van der Waals surface area contributed by atoms with Gasteiger partial charge in [0.25, 0.3) is 0 Å². The molecule has 0 saturated heterocycles. The maximum absolute atomic E-state index is 12.4. The van der Waals surface area contributed by atoms with E-state index in [9.17, 15) is 4.79 Å². The molecule has 0 heterocycles. The van der Waals surface area contributed by atoms with E-state index >= 15 is 0 Å². The van der Waals surface area contributed by atoms with Gasteiger partial charge in [-0.3, -0.25) is 4.79 Å². The fourth-order valence-corrected chi connectivity index (χ4v) is 3.32. The lowest BCUT2D eigenvalue weighted by Crippen LogP contribution is -2.27. The molecule has 0 unspecified atom stereocenters. The van der Waals surface area contributed by atoms with E-state index < -0.39 is 8.07 Å². The van der Waals surface area contributed by atoms with Crippen LogP contribution in [-0.2, 0) is 6.04 Å². The molecular weight excluding hydrogens is 224 g/mol. The van der Waals surface area contributed by atoms with E-state index in [1.807, 2.05) is 39.0 Å². The van der Waals surface area contributed by atoms with E-state index in [1.165, 1.54) is 5.56 Å². The van der Waals surface area contributed by atoms with Crippen molar-refractivity contribution in [2.24, 2.45) is 5.41 Å². The van der Waals surface area contributed by atoms with Gasteiger partial charge < -0.3 is 0 Å². The Bertz CT molecular complexity index is 408. The number of hydrogen-bond donors (Lipinski definition) is 0. The Morgan fingerprint density at radius 2 is 1.65 bits per heavy atom. The molecule has 0 aromatic heterocycles. The van der Waals surface area contributed by atoms with Crippen molar-refractivity contribution in [1.82, 2.24) is 0 Å². The van der Waals surface area contributed by atoms with Crippen molar-refractivity contribution in [1.29, 1.82) is 0 Å². The number of carbonyl (C=O) groups excluding carboxylic acids is 1. The summed E-state index contributed by atoms with van der Waals surface area (Å²) in [7, 11) is -1.19. The van der Waals surface area contributed by atoms with Crippen molar-refractivity contribution in [3.63, 3.8) is 0 Å². The molecule has 0 amide bonds. The predicted octanol–water partition coefficient (Wildman–Crippen LogP) is 4.34. The van der Waals surface area contributed by atoms with Crippen LogP contribution in [0.25, 0.3) is 0 Å². The molecular formula is C15H24OSi. The summed E-state index contributed by atoms with van der Waals surface area (Å²) in [6, 6.07) is 9.16. The second-order valence-corrected chi connectivity index (χ2v) is 12.4. The number of benzene rings is 1. The molecule has 94 valence electrons. The largest absolute Gasteiger partial charge is 0.294 e. The van der Waals surface area contributed by atoms with E-state index in [0.717, 1.165) is 11.6 Å². The quantitative estimate of drug-likeness (QED) is 0.574. The van der Waals surface area contributed by atoms with Crippen molar-refractivity contribution >= 4 is 13.9 Å². The molecule has 0 atom stereocenters. The molecule has 0 spiro atoms. The van der Waals surface area contributed by atoms with Crippen LogP contribution in [0.3, 0.4) is 0 Å². The lowest BCUT2D eigenvalue weighted by molar-refractivity contribution is 0.0857. The lowest BCUT2D eigenvalue weighted by Gasteiger charge is -2.22. The van der Waals surface area contributed by atoms with E-state index in [1.54, 1.807) is 0 Å². The van der Waals surface area contributed by atoms with Crippen LogP contribution < -0.4 is 0 Å². The van der Waals surface area contributed by atoms with Crippen LogP contribution in [0, 0.1) is 5.41 Å². The van der Waals surface area contributed by atoms with Crippen molar-refractivity contribution < 1.29 is 4.79 Å². The zero-order valence-electron chi connectivity index (χ0n) is 11.9. The summed E-state index contributed by atoms with van der Waals surface area (Å²) >= 11 is 0. The number of carbonyl (C=O) groups is 1. The first kappa shape index (κ1) is 14.2. The van der Waals surface area contributed by atoms with E-state index in [-0.39, 0.29) is 11.2 Å². The van der Waals surface area contributed by atoms with Crippen LogP contribution in [0.5, 0.6) is 0 Å². The van der Waals surface area contributed by atoms with Gasteiger partial charge >= 0.3 is 0 Å². The Labute approximate surface area is 106 Å². The van der Waals surface area contributed by atoms with Crippen molar-refractivity contribution in [3.05, 3.63) is 35.4 Å². The maximum Gasteiger partial charge on any atom is 0.168 e. The van der Waals surface area contributed by atoms with Gasteiger partial charge in [0.1, 0.15) is 0 Å². The first-order valence-corrected chi connectivity index (χ1v) is 9.95. The third-order valence-corrected chi connectivity index (χ3v) is 4.11. The molecule has 0 saturated carbocycles. The molecule has 1 rings (SSSR count). The maximum atomic E-state index is 12.4. The predicted molar refractivity (Wildman–Crippen MR) is 77.3 cm³/mol. The molecule has 0 aliphatic carbocycles. The first-order valence-electron chi connectivity index (χ1n) is 6.24. The molecule has 1 aromatic rings. The number of Topliss-reactive ketones (excluding diaryl/α,β-unsaturated/α-hetero) is 1. The zero-order chi connectivity index (χ0) is 13.3. The molecule has 0 radical (unpaired) electrons. The van der Waals surface area contributed by atoms with Gasteiger partial charge in [-0.05, 0) is 11.6 Å². The second-order valence-electron chi connectivity index (χ2n) is 6.97. The molecule has 1 nitrogen and oxygen atoms in total. The Morgan fingerprint density at radius 3 is 2.12 bits per heavy atom. The van der Waals surface area contributed by atoms with Crippen LogP contribution in [0.2, 0.25) is 19.6 Å². The van der Waals surface area contributed by atoms with Gasteiger partial charge in [0.15, 0.2) is 5.78 Å².